The minimum Gasteiger partial charge on any atom is -0.389 e. The average Bonchev–Trinajstić information content (AvgIpc) is 2.14. The third kappa shape index (κ3) is 9.35. The SMILES string of the molecule is C#CCCCNCC(O)COCC. The Bertz CT molecular complexity index is 142. The molecule has 3 nitrogen and oxygen atoms in total. The van der Waals surface area contributed by atoms with Crippen LogP contribution in [-0.2, 0) is 4.74 Å². The topological polar surface area (TPSA) is 41.5 Å². The molecular weight excluding hydrogens is 166 g/mol. The van der Waals surface area contributed by atoms with E-state index < -0.39 is 6.10 Å². The van der Waals surface area contributed by atoms with Crippen LogP contribution in [0.5, 0.6) is 0 Å². The van der Waals surface area contributed by atoms with Crippen LogP contribution >= 0.6 is 0 Å². The van der Waals surface area contributed by atoms with Gasteiger partial charge in [-0.25, -0.2) is 0 Å². The molecule has 13 heavy (non-hydrogen) atoms. The van der Waals surface area contributed by atoms with Crippen LogP contribution in [0.2, 0.25) is 0 Å². The highest BCUT2D eigenvalue weighted by molar-refractivity contribution is 4.83. The molecule has 3 heteroatoms. The number of ether oxygens (including phenoxy) is 1. The first-order valence-electron chi connectivity index (χ1n) is 4.71. The van der Waals surface area contributed by atoms with Gasteiger partial charge in [-0.15, -0.1) is 12.3 Å². The van der Waals surface area contributed by atoms with Crippen molar-refractivity contribution in [3.8, 4) is 12.3 Å². The van der Waals surface area contributed by atoms with Crippen molar-refractivity contribution in [2.24, 2.45) is 0 Å². The summed E-state index contributed by atoms with van der Waals surface area (Å²) in [6, 6.07) is 0. The van der Waals surface area contributed by atoms with Crippen LogP contribution in [0, 0.1) is 12.3 Å². The lowest BCUT2D eigenvalue weighted by Crippen LogP contribution is -2.30. The average molecular weight is 185 g/mol. The summed E-state index contributed by atoms with van der Waals surface area (Å²) in [5.74, 6) is 2.56. The summed E-state index contributed by atoms with van der Waals surface area (Å²) in [6.45, 7) is 4.39. The third-order valence-corrected chi connectivity index (χ3v) is 1.57. The predicted octanol–water partition coefficient (Wildman–Crippen LogP) is 0.387. The zero-order chi connectivity index (χ0) is 9.94. The van der Waals surface area contributed by atoms with E-state index >= 15 is 0 Å². The Morgan fingerprint density at radius 1 is 1.62 bits per heavy atom. The molecule has 2 N–H and O–H groups in total. The van der Waals surface area contributed by atoms with Gasteiger partial charge >= 0.3 is 0 Å². The van der Waals surface area contributed by atoms with Gasteiger partial charge in [0.1, 0.15) is 0 Å². The molecule has 0 saturated carbocycles. The van der Waals surface area contributed by atoms with Gasteiger partial charge in [-0.2, -0.15) is 0 Å². The van der Waals surface area contributed by atoms with Crippen LogP contribution in [0.4, 0.5) is 0 Å². The van der Waals surface area contributed by atoms with Crippen molar-refractivity contribution in [1.29, 1.82) is 0 Å². The van der Waals surface area contributed by atoms with E-state index in [1.807, 2.05) is 6.92 Å². The number of hydrogen-bond acceptors (Lipinski definition) is 3. The number of unbranched alkanes of at least 4 members (excludes halogenated alkanes) is 1. The largest absolute Gasteiger partial charge is 0.389 e. The lowest BCUT2D eigenvalue weighted by Gasteiger charge is -2.10. The maximum atomic E-state index is 9.31. The monoisotopic (exact) mass is 185 g/mol. The molecule has 0 spiro atoms. The quantitative estimate of drug-likeness (QED) is 0.424. The normalized spacial score (nSPS) is 12.4. The number of terminal acetylenes is 1. The van der Waals surface area contributed by atoms with Gasteiger partial charge in [0.25, 0.3) is 0 Å². The van der Waals surface area contributed by atoms with Crippen molar-refractivity contribution < 1.29 is 9.84 Å². The molecular formula is C10H19NO2. The Balaban J connectivity index is 3.08. The molecule has 0 radical (unpaired) electrons. The lowest BCUT2D eigenvalue weighted by molar-refractivity contribution is 0.0429. The minimum atomic E-state index is -0.411. The molecule has 0 aromatic rings. The summed E-state index contributed by atoms with van der Waals surface area (Å²) in [4.78, 5) is 0. The summed E-state index contributed by atoms with van der Waals surface area (Å²) in [7, 11) is 0. The Hall–Kier alpha value is -0.560. The zero-order valence-corrected chi connectivity index (χ0v) is 8.25. The molecule has 0 heterocycles. The lowest BCUT2D eigenvalue weighted by atomic mass is 10.3. The molecule has 0 aliphatic heterocycles. The fourth-order valence-corrected chi connectivity index (χ4v) is 0.897. The molecule has 0 fully saturated rings. The second kappa shape index (κ2) is 9.53. The summed E-state index contributed by atoms with van der Waals surface area (Å²) in [5.41, 5.74) is 0. The van der Waals surface area contributed by atoms with E-state index in [1.165, 1.54) is 0 Å². The third-order valence-electron chi connectivity index (χ3n) is 1.57. The summed E-state index contributed by atoms with van der Waals surface area (Å²) in [6.07, 6.45) is 6.42. The van der Waals surface area contributed by atoms with Crippen molar-refractivity contribution in [2.45, 2.75) is 25.9 Å². The van der Waals surface area contributed by atoms with Crippen molar-refractivity contribution in [3.63, 3.8) is 0 Å². The van der Waals surface area contributed by atoms with Crippen LogP contribution in [0.15, 0.2) is 0 Å². The Morgan fingerprint density at radius 3 is 3.00 bits per heavy atom. The van der Waals surface area contributed by atoms with Gasteiger partial charge in [-0.1, -0.05) is 0 Å². The first-order chi connectivity index (χ1) is 6.31. The van der Waals surface area contributed by atoms with E-state index in [1.54, 1.807) is 0 Å². The molecule has 0 bridgehead atoms. The first kappa shape index (κ1) is 12.4. The standard InChI is InChI=1S/C10H19NO2/c1-3-5-6-7-11-8-10(12)9-13-4-2/h1,10-12H,4-9H2,2H3. The minimum absolute atomic E-state index is 0.401. The summed E-state index contributed by atoms with van der Waals surface area (Å²) >= 11 is 0. The fraction of sp³-hybridized carbons (Fsp3) is 0.800. The van der Waals surface area contributed by atoms with E-state index in [-0.39, 0.29) is 0 Å². The fourth-order valence-electron chi connectivity index (χ4n) is 0.897. The zero-order valence-electron chi connectivity index (χ0n) is 8.25. The molecule has 0 aromatic heterocycles. The molecule has 1 atom stereocenters. The highest BCUT2D eigenvalue weighted by Gasteiger charge is 2.01. The summed E-state index contributed by atoms with van der Waals surface area (Å²) < 4.78 is 5.05. The van der Waals surface area contributed by atoms with Gasteiger partial charge in [-0.05, 0) is 19.9 Å². The number of aliphatic hydroxyl groups excluding tert-OH is 1. The number of hydrogen-bond donors (Lipinski definition) is 2. The maximum absolute atomic E-state index is 9.31. The van der Waals surface area contributed by atoms with Crippen molar-refractivity contribution in [1.82, 2.24) is 5.32 Å². The van der Waals surface area contributed by atoms with Crippen LogP contribution in [0.1, 0.15) is 19.8 Å². The molecule has 0 rings (SSSR count). The van der Waals surface area contributed by atoms with Gasteiger partial charge in [0.05, 0.1) is 12.7 Å². The molecule has 0 saturated heterocycles. The van der Waals surface area contributed by atoms with Crippen LogP contribution in [0.3, 0.4) is 0 Å². The van der Waals surface area contributed by atoms with Crippen LogP contribution < -0.4 is 5.32 Å². The van der Waals surface area contributed by atoms with Gasteiger partial charge in [0.2, 0.25) is 0 Å². The number of rotatable bonds is 8. The highest BCUT2D eigenvalue weighted by atomic mass is 16.5. The maximum Gasteiger partial charge on any atom is 0.0897 e. The van der Waals surface area contributed by atoms with E-state index in [9.17, 15) is 5.11 Å². The number of nitrogens with one attached hydrogen (secondary N) is 1. The molecule has 0 aromatic carbocycles. The molecule has 0 aliphatic rings. The smallest absolute Gasteiger partial charge is 0.0897 e. The van der Waals surface area contributed by atoms with E-state index in [2.05, 4.69) is 11.2 Å². The number of aliphatic hydroxyl groups is 1. The van der Waals surface area contributed by atoms with Crippen molar-refractivity contribution in [3.05, 3.63) is 0 Å². The summed E-state index contributed by atoms with van der Waals surface area (Å²) in [5, 5.41) is 12.4. The van der Waals surface area contributed by atoms with Gasteiger partial charge in [0, 0.05) is 19.6 Å². The van der Waals surface area contributed by atoms with E-state index in [4.69, 9.17) is 11.2 Å². The van der Waals surface area contributed by atoms with Crippen LogP contribution in [-0.4, -0.2) is 37.5 Å². The van der Waals surface area contributed by atoms with Gasteiger partial charge in [-0.3, -0.25) is 0 Å². The Morgan fingerprint density at radius 2 is 2.38 bits per heavy atom. The van der Waals surface area contributed by atoms with Gasteiger partial charge in [0.15, 0.2) is 0 Å². The highest BCUT2D eigenvalue weighted by Crippen LogP contribution is 1.86. The Labute approximate surface area is 80.5 Å². The Kier molecular flexibility index (Phi) is 9.12. The van der Waals surface area contributed by atoms with E-state index in [0.717, 1.165) is 19.4 Å². The second-order valence-corrected chi connectivity index (χ2v) is 2.83. The molecule has 0 aliphatic carbocycles. The first-order valence-corrected chi connectivity index (χ1v) is 4.71. The second-order valence-electron chi connectivity index (χ2n) is 2.83. The molecule has 0 amide bonds. The van der Waals surface area contributed by atoms with Crippen LogP contribution in [0.25, 0.3) is 0 Å². The van der Waals surface area contributed by atoms with E-state index in [0.29, 0.717) is 19.8 Å². The van der Waals surface area contributed by atoms with Gasteiger partial charge < -0.3 is 15.2 Å². The predicted molar refractivity (Wildman–Crippen MR) is 53.4 cm³/mol. The van der Waals surface area contributed by atoms with Crippen molar-refractivity contribution >= 4 is 0 Å². The molecule has 1 unspecified atom stereocenters. The van der Waals surface area contributed by atoms with Crippen molar-refractivity contribution in [2.75, 3.05) is 26.3 Å². The molecule has 76 valence electrons.